The number of anilines is 2. The molecule has 0 bridgehead atoms. The van der Waals surface area contributed by atoms with Gasteiger partial charge < -0.3 is 15.4 Å². The third-order valence-electron chi connectivity index (χ3n) is 5.07. The summed E-state index contributed by atoms with van der Waals surface area (Å²) in [6.45, 7) is 1.84. The van der Waals surface area contributed by atoms with E-state index >= 15 is 0 Å². The van der Waals surface area contributed by atoms with Gasteiger partial charge in [0.15, 0.2) is 0 Å². The van der Waals surface area contributed by atoms with Crippen molar-refractivity contribution in [2.24, 2.45) is 0 Å². The highest BCUT2D eigenvalue weighted by Gasteiger charge is 2.15. The van der Waals surface area contributed by atoms with Crippen molar-refractivity contribution in [3.63, 3.8) is 0 Å². The first-order valence-corrected chi connectivity index (χ1v) is 12.7. The number of benzene rings is 4. The second kappa shape index (κ2) is 12.0. The molecule has 2 amide bonds. The number of carbonyl (C=O) groups excluding carboxylic acids is 2. The van der Waals surface area contributed by atoms with Gasteiger partial charge in [0, 0.05) is 21.3 Å². The molecule has 0 spiro atoms. The number of carbonyl (C=O) groups is 2. The van der Waals surface area contributed by atoms with Gasteiger partial charge in [-0.2, -0.15) is 0 Å². The second-order valence-electron chi connectivity index (χ2n) is 7.79. The highest BCUT2D eigenvalue weighted by Crippen LogP contribution is 2.28. The van der Waals surface area contributed by atoms with E-state index < -0.39 is 0 Å². The number of halogens is 2. The van der Waals surface area contributed by atoms with E-state index in [1.807, 2.05) is 61.5 Å². The van der Waals surface area contributed by atoms with Gasteiger partial charge in [-0.15, -0.1) is 11.8 Å². The number of ether oxygens (including phenoxy) is 1. The van der Waals surface area contributed by atoms with Crippen LogP contribution >= 0.6 is 35.0 Å². The molecule has 4 rings (SSSR count). The predicted octanol–water partition coefficient (Wildman–Crippen LogP) is 8.16. The first-order valence-electron chi connectivity index (χ1n) is 11.0. The van der Waals surface area contributed by atoms with Crippen LogP contribution in [0, 0.1) is 0 Å². The largest absolute Gasteiger partial charge is 0.457 e. The lowest BCUT2D eigenvalue weighted by molar-refractivity contribution is -0.115. The SMILES string of the molecule is CC(Sc1ccc(NC(=O)c2ccc(Cl)cc2Cl)cc1)C(=O)Nc1ccc(Oc2ccccc2)cc1. The van der Waals surface area contributed by atoms with E-state index in [0.29, 0.717) is 27.7 Å². The van der Waals surface area contributed by atoms with Crippen molar-refractivity contribution in [2.45, 2.75) is 17.1 Å². The number of rotatable bonds is 8. The molecule has 36 heavy (non-hydrogen) atoms. The van der Waals surface area contributed by atoms with E-state index in [4.69, 9.17) is 27.9 Å². The first kappa shape index (κ1) is 25.6. The molecule has 0 radical (unpaired) electrons. The predicted molar refractivity (Wildman–Crippen MR) is 148 cm³/mol. The molecular formula is C28H22Cl2N2O3S. The van der Waals surface area contributed by atoms with Crippen LogP contribution in [0.5, 0.6) is 11.5 Å². The molecule has 2 N–H and O–H groups in total. The fourth-order valence-corrected chi connectivity index (χ4v) is 4.58. The van der Waals surface area contributed by atoms with E-state index in [9.17, 15) is 9.59 Å². The van der Waals surface area contributed by atoms with Crippen LogP contribution in [0.15, 0.2) is 102 Å². The lowest BCUT2D eigenvalue weighted by atomic mass is 10.2. The van der Waals surface area contributed by atoms with E-state index in [1.165, 1.54) is 17.8 Å². The molecule has 1 atom stereocenters. The number of hydrogen-bond acceptors (Lipinski definition) is 4. The van der Waals surface area contributed by atoms with Crippen molar-refractivity contribution in [1.82, 2.24) is 0 Å². The van der Waals surface area contributed by atoms with E-state index in [-0.39, 0.29) is 22.1 Å². The number of amides is 2. The van der Waals surface area contributed by atoms with Crippen LogP contribution in [-0.2, 0) is 4.79 Å². The highest BCUT2D eigenvalue weighted by molar-refractivity contribution is 8.00. The van der Waals surface area contributed by atoms with Gasteiger partial charge in [-0.1, -0.05) is 41.4 Å². The lowest BCUT2D eigenvalue weighted by Gasteiger charge is -2.13. The number of para-hydroxylation sites is 1. The van der Waals surface area contributed by atoms with Crippen molar-refractivity contribution in [3.8, 4) is 11.5 Å². The zero-order valence-electron chi connectivity index (χ0n) is 19.2. The van der Waals surface area contributed by atoms with Gasteiger partial charge in [0.1, 0.15) is 11.5 Å². The molecule has 0 heterocycles. The number of hydrogen-bond donors (Lipinski definition) is 2. The fourth-order valence-electron chi connectivity index (χ4n) is 3.22. The molecule has 8 heteroatoms. The number of thioether (sulfide) groups is 1. The topological polar surface area (TPSA) is 67.4 Å². The molecule has 0 aliphatic rings. The Labute approximate surface area is 223 Å². The van der Waals surface area contributed by atoms with Crippen LogP contribution in [0.25, 0.3) is 0 Å². The molecular weight excluding hydrogens is 515 g/mol. The Bertz CT molecular complexity index is 1350. The molecule has 0 aromatic heterocycles. The summed E-state index contributed by atoms with van der Waals surface area (Å²) in [5.74, 6) is 0.988. The monoisotopic (exact) mass is 536 g/mol. The van der Waals surface area contributed by atoms with Gasteiger partial charge >= 0.3 is 0 Å². The Morgan fingerprint density at radius 3 is 2.06 bits per heavy atom. The molecule has 4 aromatic rings. The minimum absolute atomic E-state index is 0.119. The molecule has 0 fully saturated rings. The number of nitrogens with one attached hydrogen (secondary N) is 2. The Balaban J connectivity index is 1.29. The van der Waals surface area contributed by atoms with Crippen LogP contribution in [0.3, 0.4) is 0 Å². The van der Waals surface area contributed by atoms with E-state index in [2.05, 4.69) is 10.6 Å². The standard InChI is InChI=1S/C28H22Cl2N2O3S/c1-18(27(33)31-20-8-12-23(13-9-20)35-22-5-3-2-4-6-22)36-24-14-10-21(11-15-24)32-28(34)25-16-7-19(29)17-26(25)30/h2-18H,1H3,(H,31,33)(H,32,34). The average molecular weight is 537 g/mol. The summed E-state index contributed by atoms with van der Waals surface area (Å²) in [5.41, 5.74) is 1.64. The summed E-state index contributed by atoms with van der Waals surface area (Å²) in [6.07, 6.45) is 0. The van der Waals surface area contributed by atoms with Gasteiger partial charge in [0.05, 0.1) is 15.8 Å². The minimum atomic E-state index is -0.335. The van der Waals surface area contributed by atoms with Crippen molar-refractivity contribution in [1.29, 1.82) is 0 Å². The first-order chi connectivity index (χ1) is 17.4. The Kier molecular flexibility index (Phi) is 8.54. The van der Waals surface area contributed by atoms with E-state index in [0.717, 1.165) is 10.6 Å². The second-order valence-corrected chi connectivity index (χ2v) is 10.0. The molecule has 0 saturated heterocycles. The van der Waals surface area contributed by atoms with Gasteiger partial charge in [0.25, 0.3) is 5.91 Å². The summed E-state index contributed by atoms with van der Waals surface area (Å²) in [5, 5.41) is 6.14. The maximum Gasteiger partial charge on any atom is 0.257 e. The maximum atomic E-state index is 12.7. The zero-order valence-corrected chi connectivity index (χ0v) is 21.5. The van der Waals surface area contributed by atoms with Crippen LogP contribution in [0.2, 0.25) is 10.0 Å². The Morgan fingerprint density at radius 2 is 1.39 bits per heavy atom. The Morgan fingerprint density at radius 1 is 0.778 bits per heavy atom. The van der Waals surface area contributed by atoms with Gasteiger partial charge in [-0.25, -0.2) is 0 Å². The maximum absolute atomic E-state index is 12.7. The fraction of sp³-hybridized carbons (Fsp3) is 0.0714. The molecule has 1 unspecified atom stereocenters. The minimum Gasteiger partial charge on any atom is -0.457 e. The molecule has 182 valence electrons. The van der Waals surface area contributed by atoms with Crippen LogP contribution < -0.4 is 15.4 Å². The van der Waals surface area contributed by atoms with Crippen molar-refractivity contribution in [3.05, 3.63) is 113 Å². The normalized spacial score (nSPS) is 11.4. The van der Waals surface area contributed by atoms with Crippen molar-refractivity contribution in [2.75, 3.05) is 10.6 Å². The summed E-state index contributed by atoms with van der Waals surface area (Å²) < 4.78 is 5.78. The molecule has 0 aliphatic heterocycles. The summed E-state index contributed by atoms with van der Waals surface area (Å²) >= 11 is 13.4. The zero-order chi connectivity index (χ0) is 25.5. The molecule has 5 nitrogen and oxygen atoms in total. The third-order valence-corrected chi connectivity index (χ3v) is 6.73. The quantitative estimate of drug-likeness (QED) is 0.223. The van der Waals surface area contributed by atoms with Gasteiger partial charge in [-0.3, -0.25) is 9.59 Å². The summed E-state index contributed by atoms with van der Waals surface area (Å²) in [6, 6.07) is 28.7. The average Bonchev–Trinajstić information content (AvgIpc) is 2.87. The highest BCUT2D eigenvalue weighted by atomic mass is 35.5. The van der Waals surface area contributed by atoms with Crippen LogP contribution in [0.4, 0.5) is 11.4 Å². The molecule has 0 aliphatic carbocycles. The van der Waals surface area contributed by atoms with Crippen LogP contribution in [-0.4, -0.2) is 17.1 Å². The summed E-state index contributed by atoms with van der Waals surface area (Å²) in [7, 11) is 0. The van der Waals surface area contributed by atoms with Crippen molar-refractivity contribution < 1.29 is 14.3 Å². The third kappa shape index (κ3) is 7.04. The molecule has 4 aromatic carbocycles. The van der Waals surface area contributed by atoms with Gasteiger partial charge in [0.2, 0.25) is 5.91 Å². The Hall–Kier alpha value is -3.45. The summed E-state index contributed by atoms with van der Waals surface area (Å²) in [4.78, 5) is 26.1. The molecule has 0 saturated carbocycles. The van der Waals surface area contributed by atoms with Crippen LogP contribution in [0.1, 0.15) is 17.3 Å². The van der Waals surface area contributed by atoms with E-state index in [1.54, 1.807) is 36.4 Å². The van der Waals surface area contributed by atoms with Crippen molar-refractivity contribution >= 4 is 58.2 Å². The smallest absolute Gasteiger partial charge is 0.257 e. The lowest BCUT2D eigenvalue weighted by Crippen LogP contribution is -2.22. The van der Waals surface area contributed by atoms with Gasteiger partial charge in [-0.05, 0) is 85.8 Å².